The van der Waals surface area contributed by atoms with Gasteiger partial charge < -0.3 is 4.90 Å². The summed E-state index contributed by atoms with van der Waals surface area (Å²) in [7, 11) is 0.0631. The zero-order chi connectivity index (χ0) is 17.0. The van der Waals surface area contributed by atoms with Crippen LogP contribution in [0.2, 0.25) is 0 Å². The molecule has 0 spiro atoms. The summed E-state index contributed by atoms with van der Waals surface area (Å²) in [5.74, 6) is 0.0676. The molecule has 0 saturated heterocycles. The molecule has 5 heteroatoms. The Morgan fingerprint density at radius 2 is 1.45 bits per heavy atom. The number of rotatable bonds is 14. The first-order chi connectivity index (χ1) is 10.3. The molecule has 0 bridgehead atoms. The van der Waals surface area contributed by atoms with Gasteiger partial charge in [-0.15, -0.1) is 0 Å². The first-order valence-electron chi connectivity index (χ1n) is 8.93. The minimum atomic E-state index is -3.94. The van der Waals surface area contributed by atoms with E-state index in [-0.39, 0.29) is 5.92 Å². The molecular formula is C17H37NO3S. The predicted octanol–water partition coefficient (Wildman–Crippen LogP) is 4.36. The van der Waals surface area contributed by atoms with E-state index < -0.39 is 15.4 Å². The molecule has 0 aliphatic carbocycles. The Kier molecular flexibility index (Phi) is 12.2. The lowest BCUT2D eigenvalue weighted by atomic mass is 9.92. The van der Waals surface area contributed by atoms with Crippen molar-refractivity contribution in [3.63, 3.8) is 0 Å². The normalized spacial score (nSPS) is 15.2. The lowest BCUT2D eigenvalue weighted by Gasteiger charge is -2.25. The number of hydrogen-bond donors (Lipinski definition) is 1. The summed E-state index contributed by atoms with van der Waals surface area (Å²) >= 11 is 0. The molecule has 2 atom stereocenters. The zero-order valence-corrected chi connectivity index (χ0v) is 15.9. The summed E-state index contributed by atoms with van der Waals surface area (Å²) in [4.78, 5) is 2.08. The second kappa shape index (κ2) is 12.3. The maximum atomic E-state index is 11.6. The number of hydrogen-bond acceptors (Lipinski definition) is 3. The molecule has 0 amide bonds. The molecule has 0 aromatic heterocycles. The lowest BCUT2D eigenvalue weighted by molar-refractivity contribution is 0.311. The number of unbranched alkanes of at least 4 members (excludes halogenated alkanes) is 6. The van der Waals surface area contributed by atoms with E-state index >= 15 is 0 Å². The van der Waals surface area contributed by atoms with Crippen LogP contribution >= 0.6 is 0 Å². The summed E-state index contributed by atoms with van der Waals surface area (Å²) in [5.41, 5.74) is 0. The average molecular weight is 336 g/mol. The molecule has 4 nitrogen and oxygen atoms in total. The van der Waals surface area contributed by atoms with Gasteiger partial charge in [-0.1, -0.05) is 58.8 Å². The van der Waals surface area contributed by atoms with E-state index in [9.17, 15) is 13.0 Å². The summed E-state index contributed by atoms with van der Waals surface area (Å²) < 4.78 is 32.7. The molecule has 1 N–H and O–H groups in total. The SMILES string of the molecule is CCCCCCCCCC(CCN(C)C)C(CC)S(=O)(=O)O. The Morgan fingerprint density at radius 3 is 1.91 bits per heavy atom. The van der Waals surface area contributed by atoms with Crippen LogP contribution in [0.1, 0.15) is 78.1 Å². The second-order valence-electron chi connectivity index (χ2n) is 6.72. The van der Waals surface area contributed by atoms with Crippen LogP contribution in [-0.2, 0) is 10.1 Å². The Morgan fingerprint density at radius 1 is 0.909 bits per heavy atom. The molecule has 0 radical (unpaired) electrons. The highest BCUT2D eigenvalue weighted by Gasteiger charge is 2.29. The van der Waals surface area contributed by atoms with Crippen LogP contribution in [0.4, 0.5) is 0 Å². The lowest BCUT2D eigenvalue weighted by Crippen LogP contribution is -2.31. The third kappa shape index (κ3) is 10.6. The van der Waals surface area contributed by atoms with Gasteiger partial charge in [-0.25, -0.2) is 0 Å². The highest BCUT2D eigenvalue weighted by Crippen LogP contribution is 2.25. The van der Waals surface area contributed by atoms with Crippen LogP contribution in [0.5, 0.6) is 0 Å². The van der Waals surface area contributed by atoms with Crippen LogP contribution in [-0.4, -0.2) is 43.8 Å². The Bertz CT molecular complexity index is 355. The first kappa shape index (κ1) is 21.9. The van der Waals surface area contributed by atoms with E-state index in [1.165, 1.54) is 38.5 Å². The fourth-order valence-electron chi connectivity index (χ4n) is 3.09. The van der Waals surface area contributed by atoms with Crippen LogP contribution in [0.15, 0.2) is 0 Å². The van der Waals surface area contributed by atoms with E-state index in [1.807, 2.05) is 21.0 Å². The predicted molar refractivity (Wildman–Crippen MR) is 94.9 cm³/mol. The third-order valence-electron chi connectivity index (χ3n) is 4.44. The quantitative estimate of drug-likeness (QED) is 0.378. The van der Waals surface area contributed by atoms with E-state index in [0.717, 1.165) is 25.8 Å². The molecule has 0 heterocycles. The van der Waals surface area contributed by atoms with Gasteiger partial charge in [0.1, 0.15) is 0 Å². The fraction of sp³-hybridized carbons (Fsp3) is 1.00. The van der Waals surface area contributed by atoms with Gasteiger partial charge in [0.05, 0.1) is 5.25 Å². The zero-order valence-electron chi connectivity index (χ0n) is 15.1. The van der Waals surface area contributed by atoms with E-state index in [1.54, 1.807) is 0 Å². The van der Waals surface area contributed by atoms with E-state index in [0.29, 0.717) is 6.42 Å². The van der Waals surface area contributed by atoms with Crippen molar-refractivity contribution in [3.8, 4) is 0 Å². The van der Waals surface area contributed by atoms with Gasteiger partial charge in [-0.2, -0.15) is 8.42 Å². The van der Waals surface area contributed by atoms with Crippen molar-refractivity contribution in [2.75, 3.05) is 20.6 Å². The topological polar surface area (TPSA) is 57.6 Å². The minimum Gasteiger partial charge on any atom is -0.309 e. The molecule has 0 saturated carbocycles. The molecule has 0 rings (SSSR count). The molecular weight excluding hydrogens is 298 g/mol. The highest BCUT2D eigenvalue weighted by molar-refractivity contribution is 7.86. The van der Waals surface area contributed by atoms with E-state index in [2.05, 4.69) is 11.8 Å². The standard InChI is InChI=1S/C17H37NO3S/c1-5-7-8-9-10-11-12-13-16(14-15-18(3)4)17(6-2)22(19,20)21/h16-17H,5-15H2,1-4H3,(H,19,20,21). The average Bonchev–Trinajstić information content (AvgIpc) is 2.42. The van der Waals surface area contributed by atoms with Crippen molar-refractivity contribution in [1.82, 2.24) is 4.90 Å². The van der Waals surface area contributed by atoms with Crippen molar-refractivity contribution >= 4 is 10.1 Å². The highest BCUT2D eigenvalue weighted by atomic mass is 32.2. The van der Waals surface area contributed by atoms with Crippen molar-refractivity contribution in [1.29, 1.82) is 0 Å². The molecule has 0 aromatic carbocycles. The van der Waals surface area contributed by atoms with Crippen LogP contribution in [0, 0.1) is 5.92 Å². The summed E-state index contributed by atoms with van der Waals surface area (Å²) in [6.45, 7) is 4.94. The minimum absolute atomic E-state index is 0.0676. The molecule has 2 unspecified atom stereocenters. The summed E-state index contributed by atoms with van der Waals surface area (Å²) in [6, 6.07) is 0. The maximum Gasteiger partial charge on any atom is 0.268 e. The largest absolute Gasteiger partial charge is 0.309 e. The van der Waals surface area contributed by atoms with Crippen LogP contribution < -0.4 is 0 Å². The van der Waals surface area contributed by atoms with Gasteiger partial charge in [-0.3, -0.25) is 4.55 Å². The van der Waals surface area contributed by atoms with Crippen LogP contribution in [0.3, 0.4) is 0 Å². The molecule has 22 heavy (non-hydrogen) atoms. The summed E-state index contributed by atoms with van der Waals surface area (Å²) in [6.07, 6.45) is 10.9. The van der Waals surface area contributed by atoms with Gasteiger partial charge >= 0.3 is 0 Å². The van der Waals surface area contributed by atoms with Gasteiger partial charge in [-0.05, 0) is 45.8 Å². The van der Waals surface area contributed by atoms with Crippen molar-refractivity contribution in [3.05, 3.63) is 0 Å². The molecule has 134 valence electrons. The van der Waals surface area contributed by atoms with E-state index in [4.69, 9.17) is 0 Å². The fourth-order valence-corrected chi connectivity index (χ4v) is 4.27. The number of nitrogens with zero attached hydrogens (tertiary/aromatic N) is 1. The monoisotopic (exact) mass is 335 g/mol. The van der Waals surface area contributed by atoms with Gasteiger partial charge in [0.15, 0.2) is 0 Å². The van der Waals surface area contributed by atoms with Gasteiger partial charge in [0.25, 0.3) is 10.1 Å². The van der Waals surface area contributed by atoms with Crippen molar-refractivity contribution in [2.24, 2.45) is 5.92 Å². The second-order valence-corrected chi connectivity index (χ2v) is 8.36. The molecule has 0 aliphatic rings. The van der Waals surface area contributed by atoms with Gasteiger partial charge in [0.2, 0.25) is 0 Å². The third-order valence-corrected chi connectivity index (χ3v) is 5.92. The molecule has 0 aromatic rings. The van der Waals surface area contributed by atoms with Gasteiger partial charge in [0, 0.05) is 0 Å². The Balaban J connectivity index is 4.29. The van der Waals surface area contributed by atoms with Crippen molar-refractivity contribution in [2.45, 2.75) is 83.3 Å². The first-order valence-corrected chi connectivity index (χ1v) is 10.4. The smallest absolute Gasteiger partial charge is 0.268 e. The van der Waals surface area contributed by atoms with Crippen molar-refractivity contribution < 1.29 is 13.0 Å². The van der Waals surface area contributed by atoms with Crippen LogP contribution in [0.25, 0.3) is 0 Å². The molecule has 0 fully saturated rings. The summed E-state index contributed by atoms with van der Waals surface area (Å²) in [5, 5.41) is -0.604. The Hall–Kier alpha value is -0.130. The Labute approximate surface area is 138 Å². The molecule has 0 aliphatic heterocycles. The maximum absolute atomic E-state index is 11.6.